The first-order valence-corrected chi connectivity index (χ1v) is 36.1. The summed E-state index contributed by atoms with van der Waals surface area (Å²) in [6, 6.07) is 45.9. The molecule has 0 heterocycles. The number of fused-ring (bicyclic) bond motifs is 8. The van der Waals surface area contributed by atoms with Crippen LogP contribution in [0.4, 0.5) is 0 Å². The van der Waals surface area contributed by atoms with Crippen molar-refractivity contribution in [3.05, 3.63) is 247 Å². The second-order valence-electron chi connectivity index (χ2n) is 29.9. The molecule has 6 N–H and O–H groups in total. The van der Waals surface area contributed by atoms with Crippen LogP contribution in [0.1, 0.15) is 172 Å². The third-order valence-corrected chi connectivity index (χ3v) is 20.7. The lowest BCUT2D eigenvalue weighted by molar-refractivity contribution is -0.123. The largest absolute Gasteiger partial charge is 0.507 e. The first-order chi connectivity index (χ1) is 45.0. The number of aromatic hydroxyl groups is 2. The van der Waals surface area contributed by atoms with Gasteiger partial charge >= 0.3 is 0 Å². The number of hydrogen-bond donors (Lipinski definition) is 6. The van der Waals surface area contributed by atoms with Crippen molar-refractivity contribution in [1.82, 2.24) is 20.1 Å². The summed E-state index contributed by atoms with van der Waals surface area (Å²) in [5.41, 5.74) is 11.6. The maximum absolute atomic E-state index is 14.3. The first-order valence-electron chi connectivity index (χ1n) is 33.1. The maximum Gasteiger partial charge on any atom is 0.241 e. The molecule has 0 fully saturated rings. The van der Waals surface area contributed by atoms with Gasteiger partial charge in [0.05, 0.1) is 22.9 Å². The van der Waals surface area contributed by atoms with Crippen molar-refractivity contribution in [2.45, 2.75) is 179 Å². The summed E-state index contributed by atoms with van der Waals surface area (Å²) in [5, 5.41) is 31.9. The van der Waals surface area contributed by atoms with Gasteiger partial charge in [0.15, 0.2) is 0 Å². The molecule has 16 heteroatoms. The highest BCUT2D eigenvalue weighted by atomic mass is 32.2. The molecule has 2 amide bonds. The third kappa shape index (κ3) is 18.2. The Kier molecular flexibility index (Phi) is 21.9. The molecule has 1 aliphatic carbocycles. The number of carbonyl (C=O) groups is 2. The average Bonchev–Trinajstić information content (AvgIpc) is 0.803. The minimum Gasteiger partial charge on any atom is -0.507 e. The molecule has 0 aromatic heterocycles. The van der Waals surface area contributed by atoms with E-state index < -0.39 is 43.9 Å². The van der Waals surface area contributed by atoms with Crippen molar-refractivity contribution in [2.24, 2.45) is 0 Å². The van der Waals surface area contributed by atoms with Crippen LogP contribution in [0.25, 0.3) is 0 Å². The van der Waals surface area contributed by atoms with Crippen LogP contribution in [0.15, 0.2) is 168 Å². The van der Waals surface area contributed by atoms with Crippen molar-refractivity contribution in [2.75, 3.05) is 26.3 Å². The monoisotopic (exact) mass is 1340 g/mol. The predicted octanol–water partition coefficient (Wildman–Crippen LogP) is 13.8. The van der Waals surface area contributed by atoms with E-state index in [1.54, 1.807) is 24.3 Å². The van der Waals surface area contributed by atoms with Crippen molar-refractivity contribution >= 4 is 31.9 Å². The number of ether oxygens (including phenoxy) is 2. The molecule has 508 valence electrons. The molecule has 0 radical (unpaired) electrons. The average molecular weight is 1340 g/mol. The van der Waals surface area contributed by atoms with Gasteiger partial charge in [-0.1, -0.05) is 228 Å². The summed E-state index contributed by atoms with van der Waals surface area (Å²) >= 11 is 0. The fraction of sp³-hybridized carbons (Fsp3) is 0.375. The van der Waals surface area contributed by atoms with E-state index in [2.05, 4.69) is 152 Å². The quantitative estimate of drug-likeness (QED) is 0.0398. The Balaban J connectivity index is 1.11. The summed E-state index contributed by atoms with van der Waals surface area (Å²) < 4.78 is 74.7. The van der Waals surface area contributed by atoms with Gasteiger partial charge in [-0.2, -0.15) is 9.44 Å². The molecule has 1 aliphatic rings. The van der Waals surface area contributed by atoms with Gasteiger partial charge < -0.3 is 30.3 Å². The molecule has 0 saturated carbocycles. The molecule has 8 bridgehead atoms. The lowest BCUT2D eigenvalue weighted by Gasteiger charge is -2.28. The number of carbonyl (C=O) groups excluding carboxylic acids is 2. The Morgan fingerprint density at radius 1 is 0.406 bits per heavy atom. The number of hydrogen-bond acceptors (Lipinski definition) is 10. The van der Waals surface area contributed by atoms with Crippen molar-refractivity contribution in [1.29, 1.82) is 0 Å². The lowest BCUT2D eigenvalue weighted by atomic mass is 9.79. The van der Waals surface area contributed by atoms with Crippen LogP contribution < -0.4 is 29.6 Å². The molecular formula is C80H96N4O10S2. The van der Waals surface area contributed by atoms with Crippen molar-refractivity contribution in [3.8, 4) is 23.0 Å². The van der Waals surface area contributed by atoms with E-state index in [1.807, 2.05) is 74.5 Å². The fourth-order valence-corrected chi connectivity index (χ4v) is 14.3. The summed E-state index contributed by atoms with van der Waals surface area (Å²) in [6.45, 7) is 29.5. The maximum atomic E-state index is 14.3. The summed E-state index contributed by atoms with van der Waals surface area (Å²) in [6.07, 6.45) is 1.09. The molecule has 0 saturated heterocycles. The van der Waals surface area contributed by atoms with Gasteiger partial charge in [-0.05, 0) is 151 Å². The van der Waals surface area contributed by atoms with Gasteiger partial charge in [-0.3, -0.25) is 9.59 Å². The standard InChI is InChI=1S/C80H96N4O10S2/c1-51-25-29-67(30-26-51)95(89,90)83-69(37-53-21-17-15-18-22-53)75(87)81-33-35-93-73-59-39-55-43-63(77(3,4)5)45-57(71(55)85)41-61-49-66(80(12,13)14)50-62(42-58-46-64(78(6,7)8)44-56(72(58)86)40-60(73)48-65(47-59)79(9,10)11)74(61)94-36-34-82-76(88)70(38-54-23-19-16-20-24-54)84-96(91,92)68-31-27-52(2)28-32-68/h15-32,43-50,69-70,83-86H,33-42H2,1-14H3,(H,81,87)(H,82,88)/t69-,70-/m1/s1. The van der Waals surface area contributed by atoms with Crippen molar-refractivity contribution < 1.29 is 46.1 Å². The normalized spacial score (nSPS) is 13.7. The SMILES string of the molecule is Cc1ccc(S(=O)(=O)N[C@H](Cc2ccccc2)C(=O)NCCOc2c3cc(C(C)(C)C)cc2Cc2cc(C(C)(C)C)cc(c2O)Cc2cc(C(C)(C)C)cc(c2OCCNC(=O)[C@@H](Cc2ccccc2)NS(=O)(=O)c2ccc(C)cc2)Cc2cc(C(C)(C)C)cc(c2O)C3)cc1. The molecule has 8 aromatic carbocycles. The van der Waals surface area contributed by atoms with Gasteiger partial charge in [0.25, 0.3) is 0 Å². The van der Waals surface area contributed by atoms with Crippen LogP contribution in [-0.2, 0) is 89.8 Å². The molecule has 0 unspecified atom stereocenters. The summed E-state index contributed by atoms with van der Waals surface area (Å²) in [4.78, 5) is 28.8. The van der Waals surface area contributed by atoms with E-state index >= 15 is 0 Å². The number of amides is 2. The lowest BCUT2D eigenvalue weighted by Crippen LogP contribution is -2.48. The van der Waals surface area contributed by atoms with Crippen molar-refractivity contribution in [3.63, 3.8) is 0 Å². The Hall–Kier alpha value is -8.28. The topological polar surface area (TPSA) is 209 Å². The molecule has 0 aliphatic heterocycles. The number of aryl methyl sites for hydroxylation is 2. The van der Waals surface area contributed by atoms with Crippen LogP contribution in [0, 0.1) is 13.8 Å². The predicted molar refractivity (Wildman–Crippen MR) is 383 cm³/mol. The number of phenols is 2. The molecule has 0 spiro atoms. The molecule has 2 atom stereocenters. The van der Waals surface area contributed by atoms with E-state index in [1.165, 1.54) is 24.3 Å². The van der Waals surface area contributed by atoms with Gasteiger partial charge in [-0.25, -0.2) is 16.8 Å². The van der Waals surface area contributed by atoms with Gasteiger partial charge in [0.2, 0.25) is 31.9 Å². The van der Waals surface area contributed by atoms with Gasteiger partial charge in [0.1, 0.15) is 48.3 Å². The zero-order chi connectivity index (χ0) is 69.7. The van der Waals surface area contributed by atoms with Gasteiger partial charge in [0, 0.05) is 25.7 Å². The van der Waals surface area contributed by atoms with E-state index in [-0.39, 0.29) is 108 Å². The third-order valence-electron chi connectivity index (χ3n) is 17.8. The van der Waals surface area contributed by atoms with Crippen LogP contribution in [0.2, 0.25) is 0 Å². The Labute approximate surface area is 569 Å². The Morgan fingerprint density at radius 3 is 0.927 bits per heavy atom. The van der Waals surface area contributed by atoms with E-state index in [0.29, 0.717) is 33.8 Å². The molecule has 9 rings (SSSR count). The highest BCUT2D eigenvalue weighted by Gasteiger charge is 2.32. The Morgan fingerprint density at radius 2 is 0.667 bits per heavy atom. The number of phenolic OH excluding ortho intramolecular Hbond substituents is 2. The summed E-state index contributed by atoms with van der Waals surface area (Å²) in [7, 11) is -8.23. The molecule has 96 heavy (non-hydrogen) atoms. The van der Waals surface area contributed by atoms with E-state index in [9.17, 15) is 36.6 Å². The number of sulfonamides is 2. The van der Waals surface area contributed by atoms with Crippen LogP contribution in [0.5, 0.6) is 23.0 Å². The summed E-state index contributed by atoms with van der Waals surface area (Å²) in [5.74, 6) is 0.218. The number of rotatable bonds is 20. The number of benzene rings is 8. The van der Waals surface area contributed by atoms with Crippen LogP contribution in [-0.4, -0.2) is 77.2 Å². The molecule has 8 aromatic rings. The minimum absolute atomic E-state index is 0.00993. The molecular weight excluding hydrogens is 1240 g/mol. The smallest absolute Gasteiger partial charge is 0.241 e. The second kappa shape index (κ2) is 29.2. The second-order valence-corrected chi connectivity index (χ2v) is 33.3. The minimum atomic E-state index is -4.11. The van der Waals surface area contributed by atoms with Crippen LogP contribution in [0.3, 0.4) is 0 Å². The zero-order valence-corrected chi connectivity index (χ0v) is 59.8. The van der Waals surface area contributed by atoms with Gasteiger partial charge in [-0.15, -0.1) is 0 Å². The first kappa shape index (κ1) is 72.0. The van der Waals surface area contributed by atoms with E-state index in [0.717, 1.165) is 66.8 Å². The molecule has 14 nitrogen and oxygen atoms in total. The van der Waals surface area contributed by atoms with Crippen LogP contribution >= 0.6 is 0 Å². The zero-order valence-electron chi connectivity index (χ0n) is 58.2. The fourth-order valence-electron chi connectivity index (χ4n) is 11.9. The highest BCUT2D eigenvalue weighted by molar-refractivity contribution is 7.89. The number of nitrogens with one attached hydrogen (secondary N) is 4. The Bertz CT molecular complexity index is 3960. The van der Waals surface area contributed by atoms with E-state index in [4.69, 9.17) is 9.47 Å². The highest BCUT2D eigenvalue weighted by Crippen LogP contribution is 2.44.